The molecule has 224 valence electrons. The van der Waals surface area contributed by atoms with Gasteiger partial charge in [-0.1, -0.05) is 61.4 Å². The molecule has 1 aliphatic carbocycles. The molecule has 2 fully saturated rings. The van der Waals surface area contributed by atoms with Gasteiger partial charge in [0.15, 0.2) is 0 Å². The number of halogens is 2. The summed E-state index contributed by atoms with van der Waals surface area (Å²) in [6, 6.07) is 10.5. The van der Waals surface area contributed by atoms with Crippen molar-refractivity contribution in [3.8, 4) is 5.82 Å². The van der Waals surface area contributed by atoms with E-state index in [1.165, 1.54) is 26.4 Å². The first-order valence-electron chi connectivity index (χ1n) is 14.7. The molecule has 1 saturated heterocycles. The standard InChI is InChI=1S/C31H38Cl2N6O3/c1-42-30(41)23-10-7-15-39(20-23)31-36-27(18-28(37-31)38-13-5-6-14-38)35-26(16-21-8-3-2-4-9-21)29(40)34-19-22-11-12-24(32)17-25(22)33/h5-6,11-14,17-18,21,23,26H,2-4,7-10,15-16,19-20H2,1H3,(H,34,40)(H,35,36,37). The maximum atomic E-state index is 13.7. The Morgan fingerprint density at radius 3 is 2.57 bits per heavy atom. The maximum Gasteiger partial charge on any atom is 0.310 e. The summed E-state index contributed by atoms with van der Waals surface area (Å²) in [5.74, 6) is 1.64. The lowest BCUT2D eigenvalue weighted by atomic mass is 9.84. The lowest BCUT2D eigenvalue weighted by Gasteiger charge is -2.32. The number of ether oxygens (including phenoxy) is 1. The lowest BCUT2D eigenvalue weighted by Crippen LogP contribution is -2.42. The molecule has 2 aromatic heterocycles. The van der Waals surface area contributed by atoms with Gasteiger partial charge in [0, 0.05) is 48.1 Å². The second-order valence-electron chi connectivity index (χ2n) is 11.2. The molecule has 9 nitrogen and oxygen atoms in total. The zero-order valence-corrected chi connectivity index (χ0v) is 25.4. The first kappa shape index (κ1) is 30.2. The SMILES string of the molecule is COC(=O)C1CCCN(c2nc(NC(CC3CCCCC3)C(=O)NCc3ccc(Cl)cc3Cl)cc(-n3cccc3)n2)C1. The lowest BCUT2D eigenvalue weighted by molar-refractivity contribution is -0.145. The number of rotatable bonds is 10. The van der Waals surface area contributed by atoms with E-state index in [1.54, 1.807) is 12.1 Å². The largest absolute Gasteiger partial charge is 0.469 e. The van der Waals surface area contributed by atoms with Gasteiger partial charge in [-0.3, -0.25) is 9.59 Å². The molecule has 0 bridgehead atoms. The number of nitrogens with one attached hydrogen (secondary N) is 2. The number of carbonyl (C=O) groups is 2. The summed E-state index contributed by atoms with van der Waals surface area (Å²) < 4.78 is 6.93. The summed E-state index contributed by atoms with van der Waals surface area (Å²) in [7, 11) is 1.42. The minimum atomic E-state index is -0.497. The van der Waals surface area contributed by atoms with Gasteiger partial charge in [0.2, 0.25) is 11.9 Å². The summed E-state index contributed by atoms with van der Waals surface area (Å²) >= 11 is 12.4. The summed E-state index contributed by atoms with van der Waals surface area (Å²) in [6.07, 6.45) is 12.0. The van der Waals surface area contributed by atoms with Crippen molar-refractivity contribution >= 4 is 46.8 Å². The molecule has 5 rings (SSSR count). The number of piperidine rings is 1. The molecule has 0 radical (unpaired) electrons. The number of anilines is 2. The average Bonchev–Trinajstić information content (AvgIpc) is 3.56. The van der Waals surface area contributed by atoms with Crippen molar-refractivity contribution in [2.24, 2.45) is 11.8 Å². The van der Waals surface area contributed by atoms with Crippen LogP contribution in [-0.2, 0) is 20.9 Å². The van der Waals surface area contributed by atoms with E-state index >= 15 is 0 Å². The predicted octanol–water partition coefficient (Wildman–Crippen LogP) is 6.03. The average molecular weight is 614 g/mol. The zero-order valence-electron chi connectivity index (χ0n) is 23.9. The van der Waals surface area contributed by atoms with Gasteiger partial charge >= 0.3 is 5.97 Å². The Morgan fingerprint density at radius 1 is 1.05 bits per heavy atom. The van der Waals surface area contributed by atoms with Crippen LogP contribution in [0.1, 0.15) is 56.9 Å². The fourth-order valence-electron chi connectivity index (χ4n) is 5.91. The van der Waals surface area contributed by atoms with Crippen molar-refractivity contribution in [2.75, 3.05) is 30.4 Å². The number of hydrogen-bond donors (Lipinski definition) is 2. The van der Waals surface area contributed by atoms with Crippen LogP contribution in [0, 0.1) is 11.8 Å². The van der Waals surface area contributed by atoms with Crippen LogP contribution in [0.25, 0.3) is 5.82 Å². The van der Waals surface area contributed by atoms with Gasteiger partial charge in [0.25, 0.3) is 0 Å². The first-order chi connectivity index (χ1) is 20.4. The molecular weight excluding hydrogens is 575 g/mol. The van der Waals surface area contributed by atoms with E-state index in [-0.39, 0.29) is 17.8 Å². The molecule has 2 atom stereocenters. The van der Waals surface area contributed by atoms with Gasteiger partial charge in [-0.05, 0) is 55.0 Å². The molecule has 1 saturated carbocycles. The third-order valence-electron chi connectivity index (χ3n) is 8.21. The highest BCUT2D eigenvalue weighted by Gasteiger charge is 2.29. The van der Waals surface area contributed by atoms with Crippen LogP contribution in [-0.4, -0.2) is 52.7 Å². The number of esters is 1. The molecule has 11 heteroatoms. The van der Waals surface area contributed by atoms with Crippen LogP contribution < -0.4 is 15.5 Å². The molecule has 42 heavy (non-hydrogen) atoms. The Hall–Kier alpha value is -3.30. The Labute approximate surface area is 256 Å². The third kappa shape index (κ3) is 7.75. The van der Waals surface area contributed by atoms with E-state index < -0.39 is 6.04 Å². The van der Waals surface area contributed by atoms with E-state index in [0.29, 0.717) is 53.1 Å². The van der Waals surface area contributed by atoms with E-state index in [9.17, 15) is 9.59 Å². The summed E-state index contributed by atoms with van der Waals surface area (Å²) in [6.45, 7) is 1.51. The van der Waals surface area contributed by atoms with Crippen molar-refractivity contribution in [2.45, 2.75) is 64.0 Å². The highest BCUT2D eigenvalue weighted by atomic mass is 35.5. The van der Waals surface area contributed by atoms with E-state index in [2.05, 4.69) is 10.6 Å². The second kappa shape index (κ2) is 14.2. The number of carbonyl (C=O) groups excluding carboxylic acids is 2. The Kier molecular flexibility index (Phi) is 10.2. The number of methoxy groups -OCH3 is 1. The van der Waals surface area contributed by atoms with Gasteiger partial charge in [0.1, 0.15) is 17.7 Å². The maximum absolute atomic E-state index is 13.7. The molecule has 1 aromatic carbocycles. The van der Waals surface area contributed by atoms with Crippen molar-refractivity contribution in [3.05, 3.63) is 64.4 Å². The number of nitrogens with zero attached hydrogens (tertiary/aromatic N) is 4. The molecule has 2 N–H and O–H groups in total. The highest BCUT2D eigenvalue weighted by molar-refractivity contribution is 6.35. The topological polar surface area (TPSA) is 101 Å². The fourth-order valence-corrected chi connectivity index (χ4v) is 6.39. The Balaban J connectivity index is 1.40. The van der Waals surface area contributed by atoms with Gasteiger partial charge in [-0.25, -0.2) is 0 Å². The normalized spacial score (nSPS) is 18.4. The minimum absolute atomic E-state index is 0.113. The van der Waals surface area contributed by atoms with E-state index in [4.69, 9.17) is 37.9 Å². The molecule has 2 aliphatic rings. The van der Waals surface area contributed by atoms with E-state index in [0.717, 1.165) is 37.8 Å². The summed E-state index contributed by atoms with van der Waals surface area (Å²) in [5, 5.41) is 7.61. The van der Waals surface area contributed by atoms with Crippen LogP contribution in [0.2, 0.25) is 10.0 Å². The molecule has 1 amide bonds. The third-order valence-corrected chi connectivity index (χ3v) is 8.80. The van der Waals surface area contributed by atoms with Gasteiger partial charge in [0.05, 0.1) is 13.0 Å². The first-order valence-corrected chi connectivity index (χ1v) is 15.5. The number of benzene rings is 1. The molecule has 0 spiro atoms. The smallest absolute Gasteiger partial charge is 0.310 e. The Bertz CT molecular complexity index is 1360. The predicted molar refractivity (Wildman–Crippen MR) is 165 cm³/mol. The van der Waals surface area contributed by atoms with Crippen molar-refractivity contribution in [1.29, 1.82) is 0 Å². The van der Waals surface area contributed by atoms with Crippen molar-refractivity contribution < 1.29 is 14.3 Å². The second-order valence-corrected chi connectivity index (χ2v) is 12.0. The van der Waals surface area contributed by atoms with Crippen molar-refractivity contribution in [3.63, 3.8) is 0 Å². The summed E-state index contributed by atoms with van der Waals surface area (Å²) in [4.78, 5) is 37.7. The van der Waals surface area contributed by atoms with Crippen LogP contribution >= 0.6 is 23.2 Å². The number of amides is 1. The molecule has 2 unspecified atom stereocenters. The minimum Gasteiger partial charge on any atom is -0.469 e. The van der Waals surface area contributed by atoms with Crippen LogP contribution in [0.3, 0.4) is 0 Å². The number of aromatic nitrogens is 3. The molecule has 3 heterocycles. The van der Waals surface area contributed by atoms with Crippen molar-refractivity contribution in [1.82, 2.24) is 19.9 Å². The summed E-state index contributed by atoms with van der Waals surface area (Å²) in [5.41, 5.74) is 0.801. The molecule has 3 aromatic rings. The number of hydrogen-bond acceptors (Lipinski definition) is 7. The van der Waals surface area contributed by atoms with Crippen LogP contribution in [0.15, 0.2) is 48.8 Å². The van der Waals surface area contributed by atoms with E-state index in [1.807, 2.05) is 46.1 Å². The van der Waals surface area contributed by atoms with Crippen LogP contribution in [0.5, 0.6) is 0 Å². The molecular formula is C31H38Cl2N6O3. The van der Waals surface area contributed by atoms with Gasteiger partial charge in [-0.2, -0.15) is 9.97 Å². The van der Waals surface area contributed by atoms with Crippen LogP contribution in [0.4, 0.5) is 11.8 Å². The van der Waals surface area contributed by atoms with Gasteiger partial charge in [-0.15, -0.1) is 0 Å². The fraction of sp³-hybridized carbons (Fsp3) is 0.484. The Morgan fingerprint density at radius 2 is 1.83 bits per heavy atom. The quantitative estimate of drug-likeness (QED) is 0.269. The highest BCUT2D eigenvalue weighted by Crippen LogP contribution is 2.30. The zero-order chi connectivity index (χ0) is 29.5. The molecule has 1 aliphatic heterocycles. The monoisotopic (exact) mass is 612 g/mol. The van der Waals surface area contributed by atoms with Gasteiger partial charge < -0.3 is 24.8 Å².